The van der Waals surface area contributed by atoms with Crippen LogP contribution in [0.3, 0.4) is 0 Å². The number of rotatable bonds is 3. The molecule has 0 saturated carbocycles. The second-order valence-electron chi connectivity index (χ2n) is 6.09. The van der Waals surface area contributed by atoms with Gasteiger partial charge in [0, 0.05) is 13.1 Å². The van der Waals surface area contributed by atoms with Gasteiger partial charge in [-0.25, -0.2) is 0 Å². The Morgan fingerprint density at radius 3 is 2.58 bits per heavy atom. The van der Waals surface area contributed by atoms with Crippen LogP contribution in [0, 0.1) is 5.92 Å². The van der Waals surface area contributed by atoms with E-state index < -0.39 is 0 Å². The van der Waals surface area contributed by atoms with Crippen molar-refractivity contribution in [2.45, 2.75) is 19.8 Å². The van der Waals surface area contributed by atoms with Gasteiger partial charge in [-0.3, -0.25) is 4.79 Å². The Kier molecular flexibility index (Phi) is 5.14. The highest BCUT2D eigenvalue weighted by Crippen LogP contribution is 2.34. The first-order valence-electron chi connectivity index (χ1n) is 8.10. The Morgan fingerprint density at radius 1 is 1.21 bits per heavy atom. The van der Waals surface area contributed by atoms with E-state index >= 15 is 0 Å². The van der Waals surface area contributed by atoms with Crippen molar-refractivity contribution in [1.29, 1.82) is 0 Å². The summed E-state index contributed by atoms with van der Waals surface area (Å²) < 4.78 is 10.6. The number of ether oxygens (including phenoxy) is 2. The van der Waals surface area contributed by atoms with Gasteiger partial charge in [0.25, 0.3) is 5.91 Å². The van der Waals surface area contributed by atoms with Crippen LogP contribution in [0.5, 0.6) is 11.5 Å². The van der Waals surface area contributed by atoms with Crippen molar-refractivity contribution in [2.75, 3.05) is 27.3 Å². The topological polar surface area (TPSA) is 51.1 Å². The molecule has 0 N–H and O–H groups in total. The minimum absolute atomic E-state index is 0.164. The number of nitrogens with zero attached hydrogens (tertiary/aromatic N) is 2. The molecule has 0 aliphatic carbocycles. The van der Waals surface area contributed by atoms with E-state index in [4.69, 9.17) is 9.47 Å². The molecule has 2 aliphatic heterocycles. The van der Waals surface area contributed by atoms with Crippen LogP contribution in [-0.4, -0.2) is 43.3 Å². The molecule has 128 valence electrons. The molecule has 0 spiro atoms. The molecule has 3 rings (SSSR count). The molecule has 5 nitrogen and oxygen atoms in total. The van der Waals surface area contributed by atoms with Gasteiger partial charge in [-0.15, -0.1) is 0 Å². The van der Waals surface area contributed by atoms with Gasteiger partial charge in [-0.05, 0) is 54.3 Å². The van der Waals surface area contributed by atoms with Crippen LogP contribution in [0.4, 0.5) is 0 Å². The van der Waals surface area contributed by atoms with E-state index in [1.54, 1.807) is 14.2 Å². The highest BCUT2D eigenvalue weighted by Gasteiger charge is 2.28. The number of benzene rings is 1. The number of carbonyl (C=O) groups excluding carboxylic acids is 1. The van der Waals surface area contributed by atoms with E-state index in [-0.39, 0.29) is 5.91 Å². The van der Waals surface area contributed by atoms with Gasteiger partial charge in [0.15, 0.2) is 16.7 Å². The van der Waals surface area contributed by atoms with Crippen molar-refractivity contribution in [3.8, 4) is 11.5 Å². The summed E-state index contributed by atoms with van der Waals surface area (Å²) in [5.74, 6) is 1.91. The van der Waals surface area contributed by atoms with E-state index in [1.807, 2.05) is 24.3 Å². The summed E-state index contributed by atoms with van der Waals surface area (Å²) in [7, 11) is 3.20. The zero-order valence-corrected chi connectivity index (χ0v) is 15.1. The summed E-state index contributed by atoms with van der Waals surface area (Å²) in [6, 6.07) is 5.60. The number of hydrogen-bond acceptors (Lipinski definition) is 5. The monoisotopic (exact) mass is 346 g/mol. The lowest BCUT2D eigenvalue weighted by Crippen LogP contribution is -2.35. The molecule has 6 heteroatoms. The first-order chi connectivity index (χ1) is 11.6. The minimum atomic E-state index is -0.164. The van der Waals surface area contributed by atoms with Crippen molar-refractivity contribution in [3.05, 3.63) is 28.7 Å². The lowest BCUT2D eigenvalue weighted by molar-refractivity contribution is -0.113. The maximum Gasteiger partial charge on any atom is 0.286 e. The Morgan fingerprint density at radius 2 is 1.92 bits per heavy atom. The van der Waals surface area contributed by atoms with Gasteiger partial charge in [0.2, 0.25) is 0 Å². The molecule has 0 unspecified atom stereocenters. The van der Waals surface area contributed by atoms with Gasteiger partial charge >= 0.3 is 0 Å². The zero-order chi connectivity index (χ0) is 17.1. The Bertz CT molecular complexity index is 692. The van der Waals surface area contributed by atoms with Crippen LogP contribution >= 0.6 is 11.8 Å². The van der Waals surface area contributed by atoms with Crippen molar-refractivity contribution in [3.63, 3.8) is 0 Å². The van der Waals surface area contributed by atoms with E-state index in [2.05, 4.69) is 16.8 Å². The van der Waals surface area contributed by atoms with Crippen LogP contribution in [0.2, 0.25) is 0 Å². The van der Waals surface area contributed by atoms with Crippen LogP contribution in [0.15, 0.2) is 28.1 Å². The van der Waals surface area contributed by atoms with Crippen molar-refractivity contribution in [1.82, 2.24) is 4.90 Å². The lowest BCUT2D eigenvalue weighted by atomic mass is 10.00. The maximum atomic E-state index is 12.2. The summed E-state index contributed by atoms with van der Waals surface area (Å²) in [6.45, 7) is 4.22. The molecule has 0 radical (unpaired) electrons. The van der Waals surface area contributed by atoms with Crippen LogP contribution in [-0.2, 0) is 4.79 Å². The van der Waals surface area contributed by atoms with Crippen molar-refractivity contribution >= 4 is 28.9 Å². The number of methoxy groups -OCH3 is 2. The molecule has 1 aromatic carbocycles. The van der Waals surface area contributed by atoms with Gasteiger partial charge in [-0.1, -0.05) is 13.0 Å². The molecule has 2 heterocycles. The second-order valence-corrected chi connectivity index (χ2v) is 7.10. The molecule has 1 aromatic rings. The molecule has 0 bridgehead atoms. The molecule has 24 heavy (non-hydrogen) atoms. The number of likely N-dealkylation sites (tertiary alicyclic amines) is 1. The second kappa shape index (κ2) is 7.30. The van der Waals surface area contributed by atoms with Gasteiger partial charge in [0.1, 0.15) is 0 Å². The molecule has 1 fully saturated rings. The number of amidine groups is 1. The molecule has 1 amide bonds. The quantitative estimate of drug-likeness (QED) is 0.785. The first kappa shape index (κ1) is 16.9. The average molecular weight is 346 g/mol. The van der Waals surface area contributed by atoms with Gasteiger partial charge in [0.05, 0.1) is 19.1 Å². The van der Waals surface area contributed by atoms with Crippen LogP contribution in [0.1, 0.15) is 25.3 Å². The van der Waals surface area contributed by atoms with E-state index in [1.165, 1.54) is 11.8 Å². The number of hydrogen-bond donors (Lipinski definition) is 0. The molecule has 2 aliphatic rings. The third-order valence-electron chi connectivity index (χ3n) is 4.37. The first-order valence-corrected chi connectivity index (χ1v) is 8.92. The fourth-order valence-corrected chi connectivity index (χ4v) is 3.79. The average Bonchev–Trinajstić information content (AvgIpc) is 2.96. The summed E-state index contributed by atoms with van der Waals surface area (Å²) in [4.78, 5) is 19.3. The van der Waals surface area contributed by atoms with Crippen LogP contribution < -0.4 is 9.47 Å². The summed E-state index contributed by atoms with van der Waals surface area (Å²) >= 11 is 1.46. The summed E-state index contributed by atoms with van der Waals surface area (Å²) in [6.07, 6.45) is 4.17. The minimum Gasteiger partial charge on any atom is -0.493 e. The Balaban J connectivity index is 1.74. The predicted molar refractivity (Wildman–Crippen MR) is 97.5 cm³/mol. The van der Waals surface area contributed by atoms with Crippen LogP contribution in [0.25, 0.3) is 6.08 Å². The third kappa shape index (κ3) is 3.59. The molecule has 0 aromatic heterocycles. The summed E-state index contributed by atoms with van der Waals surface area (Å²) in [5, 5.41) is 0.832. The Labute approximate surface area is 146 Å². The van der Waals surface area contributed by atoms with Crippen molar-refractivity contribution < 1.29 is 14.3 Å². The SMILES string of the molecule is COc1ccc(/C=C2\SC(N3CCC(C)CC3)=NC2=O)cc1OC. The standard InChI is InChI=1S/C18H22N2O3S/c1-12-6-8-20(9-7-12)18-19-17(21)16(24-18)11-13-4-5-14(22-2)15(10-13)23-3/h4-5,10-12H,6-9H2,1-3H3/b16-11-. The van der Waals surface area contributed by atoms with E-state index in [0.717, 1.165) is 42.6 Å². The number of piperidine rings is 1. The number of thioether (sulfide) groups is 1. The smallest absolute Gasteiger partial charge is 0.286 e. The largest absolute Gasteiger partial charge is 0.493 e. The molecular weight excluding hydrogens is 324 g/mol. The molecular formula is C18H22N2O3S. The third-order valence-corrected chi connectivity index (χ3v) is 5.41. The molecule has 0 atom stereocenters. The number of amides is 1. The highest BCUT2D eigenvalue weighted by atomic mass is 32.2. The fraction of sp³-hybridized carbons (Fsp3) is 0.444. The number of aliphatic imine (C=N–C) groups is 1. The maximum absolute atomic E-state index is 12.2. The normalized spacial score (nSPS) is 20.5. The van der Waals surface area contributed by atoms with Crippen molar-refractivity contribution in [2.24, 2.45) is 10.9 Å². The zero-order valence-electron chi connectivity index (χ0n) is 14.2. The number of carbonyl (C=O) groups is 1. The van der Waals surface area contributed by atoms with E-state index in [0.29, 0.717) is 16.4 Å². The summed E-state index contributed by atoms with van der Waals surface area (Å²) in [5.41, 5.74) is 0.896. The Hall–Kier alpha value is -1.95. The van der Waals surface area contributed by atoms with Gasteiger partial charge in [-0.2, -0.15) is 4.99 Å². The van der Waals surface area contributed by atoms with Gasteiger partial charge < -0.3 is 14.4 Å². The highest BCUT2D eigenvalue weighted by molar-refractivity contribution is 8.18. The lowest BCUT2D eigenvalue weighted by Gasteiger charge is -2.30. The predicted octanol–water partition coefficient (Wildman–Crippen LogP) is 3.41. The fourth-order valence-electron chi connectivity index (χ4n) is 2.83. The van der Waals surface area contributed by atoms with E-state index in [9.17, 15) is 4.79 Å². The molecule has 1 saturated heterocycles.